The monoisotopic (exact) mass is 358 g/mol. The molecule has 1 atom stereocenters. The lowest BCUT2D eigenvalue weighted by Crippen LogP contribution is -2.18. The first-order valence-corrected chi connectivity index (χ1v) is 8.73. The minimum Gasteiger partial charge on any atom is -0.491 e. The first-order chi connectivity index (χ1) is 12.6. The summed E-state index contributed by atoms with van der Waals surface area (Å²) in [7, 11) is 5.58. The van der Waals surface area contributed by atoms with Crippen LogP contribution in [0.4, 0.5) is 17.5 Å². The molecule has 26 heavy (non-hydrogen) atoms. The maximum atomic E-state index is 6.03. The number of aromatic nitrogens is 3. The van der Waals surface area contributed by atoms with Crippen LogP contribution in [0.3, 0.4) is 0 Å². The van der Waals surface area contributed by atoms with Crippen LogP contribution in [0.2, 0.25) is 0 Å². The number of likely N-dealkylation sites (tertiary alicyclic amines) is 1. The molecule has 140 valence electrons. The summed E-state index contributed by atoms with van der Waals surface area (Å²) in [6.45, 7) is 4.70. The second kappa shape index (κ2) is 8.18. The molecule has 0 aliphatic carbocycles. The van der Waals surface area contributed by atoms with Gasteiger partial charge in [-0.3, -0.25) is 0 Å². The third kappa shape index (κ3) is 4.51. The van der Waals surface area contributed by atoms with Crippen molar-refractivity contribution in [1.29, 1.82) is 0 Å². The second-order valence-corrected chi connectivity index (χ2v) is 6.51. The van der Waals surface area contributed by atoms with Gasteiger partial charge in [-0.05, 0) is 26.9 Å². The van der Waals surface area contributed by atoms with Crippen LogP contribution < -0.4 is 20.1 Å². The van der Waals surface area contributed by atoms with Gasteiger partial charge in [0.25, 0.3) is 0 Å². The highest BCUT2D eigenvalue weighted by Crippen LogP contribution is 2.30. The van der Waals surface area contributed by atoms with Gasteiger partial charge in [0.05, 0.1) is 19.9 Å². The van der Waals surface area contributed by atoms with Gasteiger partial charge in [-0.2, -0.15) is 0 Å². The van der Waals surface area contributed by atoms with E-state index >= 15 is 0 Å². The Hall–Kier alpha value is -2.61. The molecule has 2 aromatic rings. The van der Waals surface area contributed by atoms with Gasteiger partial charge in [-0.25, -0.2) is 15.0 Å². The fourth-order valence-electron chi connectivity index (χ4n) is 3.02. The molecular formula is C18H26N6O2. The predicted octanol–water partition coefficient (Wildman–Crippen LogP) is 2.30. The molecule has 2 aromatic heterocycles. The number of hydrogen-bond acceptors (Lipinski definition) is 8. The number of pyridine rings is 1. The summed E-state index contributed by atoms with van der Waals surface area (Å²) >= 11 is 0. The number of anilines is 3. The standard InChI is InChI=1S/C18H26N6O2/c1-12-21-16(19-2)8-18(22-12)23-17-7-14(15(25-4)9-20-17)26-11-13-5-6-24(3)10-13/h7-9,13H,5-6,10-11H2,1-4H3,(H2,19,20,21,22,23)/t13-/m1/s1. The molecule has 0 unspecified atom stereocenters. The largest absolute Gasteiger partial charge is 0.491 e. The van der Waals surface area contributed by atoms with Crippen LogP contribution in [-0.2, 0) is 0 Å². The van der Waals surface area contributed by atoms with Gasteiger partial charge >= 0.3 is 0 Å². The van der Waals surface area contributed by atoms with Gasteiger partial charge < -0.3 is 25.0 Å². The number of nitrogens with one attached hydrogen (secondary N) is 2. The van der Waals surface area contributed by atoms with Gasteiger partial charge in [0.2, 0.25) is 0 Å². The van der Waals surface area contributed by atoms with Crippen LogP contribution in [0.1, 0.15) is 12.2 Å². The summed E-state index contributed by atoms with van der Waals surface area (Å²) in [5.41, 5.74) is 0. The molecule has 1 aliphatic rings. The van der Waals surface area contributed by atoms with Crippen LogP contribution >= 0.6 is 0 Å². The summed E-state index contributed by atoms with van der Waals surface area (Å²) in [5.74, 6) is 4.57. The Labute approximate surface area is 154 Å². The van der Waals surface area contributed by atoms with E-state index in [0.717, 1.165) is 25.3 Å². The van der Waals surface area contributed by atoms with E-state index in [0.29, 0.717) is 41.5 Å². The molecule has 0 bridgehead atoms. The van der Waals surface area contributed by atoms with Crippen molar-refractivity contribution < 1.29 is 9.47 Å². The van der Waals surface area contributed by atoms with Gasteiger partial charge in [0.15, 0.2) is 11.5 Å². The van der Waals surface area contributed by atoms with E-state index in [1.54, 1.807) is 13.3 Å². The molecule has 0 radical (unpaired) electrons. The lowest BCUT2D eigenvalue weighted by atomic mass is 10.1. The molecule has 0 saturated carbocycles. The van der Waals surface area contributed by atoms with Crippen molar-refractivity contribution in [3.63, 3.8) is 0 Å². The molecule has 1 aliphatic heterocycles. The number of rotatable bonds is 7. The van der Waals surface area contributed by atoms with Crippen LogP contribution in [0.15, 0.2) is 18.3 Å². The average Bonchev–Trinajstić information content (AvgIpc) is 3.05. The highest BCUT2D eigenvalue weighted by atomic mass is 16.5. The third-order valence-electron chi connectivity index (χ3n) is 4.37. The van der Waals surface area contributed by atoms with Crippen LogP contribution in [0.5, 0.6) is 11.5 Å². The molecule has 2 N–H and O–H groups in total. The lowest BCUT2D eigenvalue weighted by molar-refractivity contribution is 0.238. The summed E-state index contributed by atoms with van der Waals surface area (Å²) in [5, 5.41) is 6.22. The van der Waals surface area contributed by atoms with E-state index in [9.17, 15) is 0 Å². The van der Waals surface area contributed by atoms with Crippen molar-refractivity contribution in [3.8, 4) is 11.5 Å². The van der Waals surface area contributed by atoms with E-state index < -0.39 is 0 Å². The van der Waals surface area contributed by atoms with Gasteiger partial charge in [0.1, 0.15) is 23.3 Å². The zero-order valence-electron chi connectivity index (χ0n) is 15.7. The molecule has 3 heterocycles. The SMILES string of the molecule is CNc1cc(Nc2cc(OC[C@@H]3CCN(C)C3)c(OC)cn2)nc(C)n1. The molecule has 8 nitrogen and oxygen atoms in total. The summed E-state index contributed by atoms with van der Waals surface area (Å²) < 4.78 is 11.4. The van der Waals surface area contributed by atoms with Crippen molar-refractivity contribution in [2.75, 3.05) is 51.5 Å². The number of hydrogen-bond donors (Lipinski definition) is 2. The number of methoxy groups -OCH3 is 1. The van der Waals surface area contributed by atoms with Crippen molar-refractivity contribution in [2.24, 2.45) is 5.92 Å². The smallest absolute Gasteiger partial charge is 0.179 e. The van der Waals surface area contributed by atoms with E-state index in [1.165, 1.54) is 0 Å². The minimum atomic E-state index is 0.539. The molecule has 8 heteroatoms. The molecule has 3 rings (SSSR count). The van der Waals surface area contributed by atoms with Crippen molar-refractivity contribution in [3.05, 3.63) is 24.2 Å². The van der Waals surface area contributed by atoms with E-state index in [4.69, 9.17) is 9.47 Å². The zero-order chi connectivity index (χ0) is 18.5. The Morgan fingerprint density at radius 3 is 2.69 bits per heavy atom. The first-order valence-electron chi connectivity index (χ1n) is 8.73. The van der Waals surface area contributed by atoms with Gasteiger partial charge in [0, 0.05) is 31.6 Å². The highest BCUT2D eigenvalue weighted by molar-refractivity contribution is 5.59. The Balaban J connectivity index is 1.73. The fraction of sp³-hybridized carbons (Fsp3) is 0.500. The summed E-state index contributed by atoms with van der Waals surface area (Å²) in [4.78, 5) is 15.4. The summed E-state index contributed by atoms with van der Waals surface area (Å²) in [6.07, 6.45) is 2.81. The Bertz CT molecular complexity index is 754. The minimum absolute atomic E-state index is 0.539. The predicted molar refractivity (Wildman–Crippen MR) is 101 cm³/mol. The average molecular weight is 358 g/mol. The van der Waals surface area contributed by atoms with Crippen molar-refractivity contribution in [1.82, 2.24) is 19.9 Å². The van der Waals surface area contributed by atoms with Crippen molar-refractivity contribution in [2.45, 2.75) is 13.3 Å². The van der Waals surface area contributed by atoms with Crippen molar-refractivity contribution >= 4 is 17.5 Å². The van der Waals surface area contributed by atoms with Crippen LogP contribution in [0.25, 0.3) is 0 Å². The molecule has 1 saturated heterocycles. The molecule has 0 amide bonds. The third-order valence-corrected chi connectivity index (χ3v) is 4.37. The molecule has 0 aromatic carbocycles. The first kappa shape index (κ1) is 18.2. The van der Waals surface area contributed by atoms with E-state index in [-0.39, 0.29) is 0 Å². The van der Waals surface area contributed by atoms with Gasteiger partial charge in [-0.15, -0.1) is 0 Å². The Morgan fingerprint density at radius 2 is 2.00 bits per heavy atom. The van der Waals surface area contributed by atoms with Crippen LogP contribution in [-0.4, -0.2) is 60.8 Å². The fourth-order valence-corrected chi connectivity index (χ4v) is 3.02. The van der Waals surface area contributed by atoms with Crippen LogP contribution in [0, 0.1) is 12.8 Å². The summed E-state index contributed by atoms with van der Waals surface area (Å²) in [6, 6.07) is 3.67. The van der Waals surface area contributed by atoms with E-state index in [2.05, 4.69) is 37.5 Å². The van der Waals surface area contributed by atoms with E-state index in [1.807, 2.05) is 26.1 Å². The Kier molecular flexibility index (Phi) is 5.72. The van der Waals surface area contributed by atoms with Gasteiger partial charge in [-0.1, -0.05) is 0 Å². The maximum Gasteiger partial charge on any atom is 0.179 e. The topological polar surface area (TPSA) is 84.4 Å². The quantitative estimate of drug-likeness (QED) is 0.780. The Morgan fingerprint density at radius 1 is 1.19 bits per heavy atom. The normalized spacial score (nSPS) is 17.2. The lowest BCUT2D eigenvalue weighted by Gasteiger charge is -2.15. The number of aryl methyl sites for hydroxylation is 1. The second-order valence-electron chi connectivity index (χ2n) is 6.51. The number of nitrogens with zero attached hydrogens (tertiary/aromatic N) is 4. The molecule has 1 fully saturated rings. The zero-order valence-corrected chi connectivity index (χ0v) is 15.7. The molecular weight excluding hydrogens is 332 g/mol. The highest BCUT2D eigenvalue weighted by Gasteiger charge is 2.20. The molecule has 0 spiro atoms. The maximum absolute atomic E-state index is 6.03. The number of ether oxygens (including phenoxy) is 2.